The van der Waals surface area contributed by atoms with E-state index in [1.165, 1.54) is 0 Å². The van der Waals surface area contributed by atoms with Gasteiger partial charge in [-0.25, -0.2) is 0 Å². The minimum absolute atomic E-state index is 0.366. The summed E-state index contributed by atoms with van der Waals surface area (Å²) in [4.78, 5) is 0. The standard InChI is InChI=1S/C14H21NO3/c1-16-11-7-13(17-2)12(14(8-11)18-3)6-9-4-10(15)5-9/h7-10H,4-6,15H2,1-3H3. The van der Waals surface area contributed by atoms with E-state index in [9.17, 15) is 0 Å². The number of hydrogen-bond donors (Lipinski definition) is 1. The van der Waals surface area contributed by atoms with Crippen LogP contribution in [0.2, 0.25) is 0 Å². The average Bonchev–Trinajstić information content (AvgIpc) is 2.36. The van der Waals surface area contributed by atoms with Crippen molar-refractivity contribution in [3.63, 3.8) is 0 Å². The van der Waals surface area contributed by atoms with E-state index in [0.717, 1.165) is 42.1 Å². The van der Waals surface area contributed by atoms with Gasteiger partial charge in [-0.2, -0.15) is 0 Å². The second-order valence-electron chi connectivity index (χ2n) is 4.81. The van der Waals surface area contributed by atoms with Gasteiger partial charge in [0, 0.05) is 23.7 Å². The average molecular weight is 251 g/mol. The predicted molar refractivity (Wildman–Crippen MR) is 70.5 cm³/mol. The van der Waals surface area contributed by atoms with Gasteiger partial charge >= 0.3 is 0 Å². The zero-order chi connectivity index (χ0) is 13.1. The molecule has 0 amide bonds. The number of benzene rings is 1. The Morgan fingerprint density at radius 1 is 1.06 bits per heavy atom. The first-order chi connectivity index (χ1) is 8.67. The lowest BCUT2D eigenvalue weighted by Gasteiger charge is -2.33. The van der Waals surface area contributed by atoms with Gasteiger partial charge in [-0.1, -0.05) is 0 Å². The van der Waals surface area contributed by atoms with Crippen molar-refractivity contribution in [3.8, 4) is 17.2 Å². The molecule has 0 saturated heterocycles. The lowest BCUT2D eigenvalue weighted by molar-refractivity contribution is 0.258. The first kappa shape index (κ1) is 13.0. The van der Waals surface area contributed by atoms with Gasteiger partial charge in [0.2, 0.25) is 0 Å². The van der Waals surface area contributed by atoms with Crippen LogP contribution in [0.4, 0.5) is 0 Å². The minimum atomic E-state index is 0.366. The van der Waals surface area contributed by atoms with Gasteiger partial charge in [0.1, 0.15) is 17.2 Å². The molecule has 4 heteroatoms. The summed E-state index contributed by atoms with van der Waals surface area (Å²) in [6.07, 6.45) is 3.11. The molecule has 4 nitrogen and oxygen atoms in total. The van der Waals surface area contributed by atoms with Crippen LogP contribution in [0.25, 0.3) is 0 Å². The van der Waals surface area contributed by atoms with E-state index < -0.39 is 0 Å². The van der Waals surface area contributed by atoms with Crippen molar-refractivity contribution in [2.45, 2.75) is 25.3 Å². The molecule has 0 unspecified atom stereocenters. The van der Waals surface area contributed by atoms with Crippen molar-refractivity contribution in [1.29, 1.82) is 0 Å². The number of methoxy groups -OCH3 is 3. The van der Waals surface area contributed by atoms with Gasteiger partial charge in [-0.05, 0) is 25.2 Å². The molecule has 2 N–H and O–H groups in total. The van der Waals surface area contributed by atoms with Crippen molar-refractivity contribution in [2.75, 3.05) is 21.3 Å². The fraction of sp³-hybridized carbons (Fsp3) is 0.571. The summed E-state index contributed by atoms with van der Waals surface area (Å²) in [6, 6.07) is 4.16. The molecule has 1 aliphatic rings. The Labute approximate surface area is 108 Å². The number of ether oxygens (including phenoxy) is 3. The van der Waals surface area contributed by atoms with Crippen LogP contribution in [0.15, 0.2) is 12.1 Å². The Morgan fingerprint density at radius 2 is 1.61 bits per heavy atom. The fourth-order valence-corrected chi connectivity index (χ4v) is 2.52. The zero-order valence-corrected chi connectivity index (χ0v) is 11.2. The maximum Gasteiger partial charge on any atom is 0.129 e. The maximum atomic E-state index is 5.83. The van der Waals surface area contributed by atoms with Crippen molar-refractivity contribution in [3.05, 3.63) is 17.7 Å². The van der Waals surface area contributed by atoms with Gasteiger partial charge in [-0.3, -0.25) is 0 Å². The molecule has 0 aromatic heterocycles. The van der Waals surface area contributed by atoms with Crippen molar-refractivity contribution in [1.82, 2.24) is 0 Å². The van der Waals surface area contributed by atoms with Gasteiger partial charge in [0.25, 0.3) is 0 Å². The molecule has 0 heterocycles. The van der Waals surface area contributed by atoms with Gasteiger partial charge in [-0.15, -0.1) is 0 Å². The summed E-state index contributed by atoms with van der Waals surface area (Å²) in [5, 5.41) is 0. The van der Waals surface area contributed by atoms with E-state index in [4.69, 9.17) is 19.9 Å². The predicted octanol–water partition coefficient (Wildman–Crippen LogP) is 1.99. The molecule has 100 valence electrons. The molecule has 1 saturated carbocycles. The molecule has 0 bridgehead atoms. The smallest absolute Gasteiger partial charge is 0.129 e. The lowest BCUT2D eigenvalue weighted by Crippen LogP contribution is -2.37. The molecule has 0 spiro atoms. The second kappa shape index (κ2) is 5.48. The Morgan fingerprint density at radius 3 is 2.00 bits per heavy atom. The van der Waals surface area contributed by atoms with E-state index in [-0.39, 0.29) is 0 Å². The molecule has 2 rings (SSSR count). The molecule has 1 aromatic carbocycles. The third-order valence-electron chi connectivity index (χ3n) is 3.58. The SMILES string of the molecule is COc1cc(OC)c(CC2CC(N)C2)c(OC)c1. The fourth-order valence-electron chi connectivity index (χ4n) is 2.52. The van der Waals surface area contributed by atoms with E-state index in [1.807, 2.05) is 12.1 Å². The summed E-state index contributed by atoms with van der Waals surface area (Å²) < 4.78 is 16.1. The molecule has 1 aromatic rings. The molecule has 1 aliphatic carbocycles. The van der Waals surface area contributed by atoms with E-state index in [2.05, 4.69) is 0 Å². The number of hydrogen-bond acceptors (Lipinski definition) is 4. The van der Waals surface area contributed by atoms with Gasteiger partial charge < -0.3 is 19.9 Å². The molecule has 18 heavy (non-hydrogen) atoms. The Hall–Kier alpha value is -1.42. The van der Waals surface area contributed by atoms with Gasteiger partial charge in [0.05, 0.1) is 21.3 Å². The van der Waals surface area contributed by atoms with Crippen molar-refractivity contribution in [2.24, 2.45) is 11.7 Å². The van der Waals surface area contributed by atoms with Crippen molar-refractivity contribution >= 4 is 0 Å². The first-order valence-electron chi connectivity index (χ1n) is 6.22. The van der Waals surface area contributed by atoms with Crippen LogP contribution in [0.3, 0.4) is 0 Å². The Bertz CT molecular complexity index is 388. The molecule has 1 fully saturated rings. The number of rotatable bonds is 5. The quantitative estimate of drug-likeness (QED) is 0.869. The highest BCUT2D eigenvalue weighted by molar-refractivity contribution is 5.51. The second-order valence-corrected chi connectivity index (χ2v) is 4.81. The summed E-state index contributed by atoms with van der Waals surface area (Å²) in [6.45, 7) is 0. The summed E-state index contributed by atoms with van der Waals surface area (Å²) >= 11 is 0. The van der Waals surface area contributed by atoms with Crippen LogP contribution < -0.4 is 19.9 Å². The van der Waals surface area contributed by atoms with Crippen LogP contribution in [-0.4, -0.2) is 27.4 Å². The molecular formula is C14H21NO3. The highest BCUT2D eigenvalue weighted by Crippen LogP contribution is 2.39. The van der Waals surface area contributed by atoms with E-state index in [1.54, 1.807) is 21.3 Å². The summed E-state index contributed by atoms with van der Waals surface area (Å²) in [5.41, 5.74) is 6.94. The molecule has 0 radical (unpaired) electrons. The topological polar surface area (TPSA) is 53.7 Å². The van der Waals surface area contributed by atoms with Crippen LogP contribution in [-0.2, 0) is 6.42 Å². The lowest BCUT2D eigenvalue weighted by atomic mass is 9.77. The molecule has 0 atom stereocenters. The van der Waals surface area contributed by atoms with Gasteiger partial charge in [0.15, 0.2) is 0 Å². The third kappa shape index (κ3) is 2.53. The van der Waals surface area contributed by atoms with Crippen LogP contribution >= 0.6 is 0 Å². The summed E-state index contributed by atoms with van der Waals surface area (Å²) in [7, 11) is 4.98. The Balaban J connectivity index is 2.25. The zero-order valence-electron chi connectivity index (χ0n) is 11.2. The Kier molecular flexibility index (Phi) is 3.97. The van der Waals surface area contributed by atoms with Crippen LogP contribution in [0, 0.1) is 5.92 Å². The van der Waals surface area contributed by atoms with E-state index >= 15 is 0 Å². The minimum Gasteiger partial charge on any atom is -0.496 e. The van der Waals surface area contributed by atoms with Crippen LogP contribution in [0.5, 0.6) is 17.2 Å². The maximum absolute atomic E-state index is 5.83. The van der Waals surface area contributed by atoms with Crippen molar-refractivity contribution < 1.29 is 14.2 Å². The van der Waals surface area contributed by atoms with Crippen LogP contribution in [0.1, 0.15) is 18.4 Å². The summed E-state index contributed by atoms with van der Waals surface area (Å²) in [5.74, 6) is 3.03. The first-order valence-corrected chi connectivity index (χ1v) is 6.22. The molecule has 0 aliphatic heterocycles. The highest BCUT2D eigenvalue weighted by atomic mass is 16.5. The highest BCUT2D eigenvalue weighted by Gasteiger charge is 2.28. The monoisotopic (exact) mass is 251 g/mol. The number of nitrogens with two attached hydrogens (primary N) is 1. The molecular weight excluding hydrogens is 230 g/mol. The normalized spacial score (nSPS) is 22.2. The third-order valence-corrected chi connectivity index (χ3v) is 3.58. The van der Waals surface area contributed by atoms with E-state index in [0.29, 0.717) is 12.0 Å². The largest absolute Gasteiger partial charge is 0.496 e.